The maximum Gasteiger partial charge on any atom is 0.222 e. The molecule has 0 spiro atoms. The molecule has 0 aliphatic rings. The summed E-state index contributed by atoms with van der Waals surface area (Å²) >= 11 is 0. The summed E-state index contributed by atoms with van der Waals surface area (Å²) in [6.07, 6.45) is 1.52. The molecule has 1 heterocycles. The lowest BCUT2D eigenvalue weighted by molar-refractivity contribution is 0.584. The van der Waals surface area contributed by atoms with E-state index >= 15 is 0 Å². The SMILES string of the molecule is CNc1nccc(-c2cc(F)cc(F)c2)n1. The first-order valence-electron chi connectivity index (χ1n) is 4.66. The number of benzene rings is 1. The molecule has 0 amide bonds. The van der Waals surface area contributed by atoms with Gasteiger partial charge in [-0.1, -0.05) is 0 Å². The molecule has 0 saturated carbocycles. The maximum atomic E-state index is 13.0. The van der Waals surface area contributed by atoms with Gasteiger partial charge >= 0.3 is 0 Å². The summed E-state index contributed by atoms with van der Waals surface area (Å²) in [6, 6.07) is 4.87. The van der Waals surface area contributed by atoms with Crippen molar-refractivity contribution in [1.29, 1.82) is 0 Å². The van der Waals surface area contributed by atoms with Gasteiger partial charge in [0.15, 0.2) is 0 Å². The zero-order chi connectivity index (χ0) is 11.5. The van der Waals surface area contributed by atoms with Crippen molar-refractivity contribution in [2.24, 2.45) is 0 Å². The number of hydrogen-bond donors (Lipinski definition) is 1. The fraction of sp³-hybridized carbons (Fsp3) is 0.0909. The van der Waals surface area contributed by atoms with Gasteiger partial charge in [0, 0.05) is 24.9 Å². The Morgan fingerprint density at radius 2 is 1.81 bits per heavy atom. The van der Waals surface area contributed by atoms with E-state index in [4.69, 9.17) is 0 Å². The van der Waals surface area contributed by atoms with Gasteiger partial charge in [-0.3, -0.25) is 0 Å². The molecular formula is C11H9F2N3. The Hall–Kier alpha value is -2.04. The molecule has 5 heteroatoms. The summed E-state index contributed by atoms with van der Waals surface area (Å²) in [6.45, 7) is 0. The Morgan fingerprint density at radius 1 is 1.12 bits per heavy atom. The molecule has 0 aliphatic heterocycles. The molecule has 82 valence electrons. The van der Waals surface area contributed by atoms with Crippen molar-refractivity contribution in [3.05, 3.63) is 42.1 Å². The highest BCUT2D eigenvalue weighted by Gasteiger charge is 2.05. The third-order valence-corrected chi connectivity index (χ3v) is 2.04. The van der Waals surface area contributed by atoms with E-state index in [2.05, 4.69) is 15.3 Å². The second-order valence-electron chi connectivity index (χ2n) is 3.17. The number of nitrogens with zero attached hydrogens (tertiary/aromatic N) is 2. The van der Waals surface area contributed by atoms with Crippen molar-refractivity contribution in [3.63, 3.8) is 0 Å². The molecule has 1 aromatic carbocycles. The molecule has 3 nitrogen and oxygen atoms in total. The number of aromatic nitrogens is 2. The van der Waals surface area contributed by atoms with Crippen molar-refractivity contribution in [1.82, 2.24) is 9.97 Å². The van der Waals surface area contributed by atoms with Crippen LogP contribution in [0.2, 0.25) is 0 Å². The molecule has 1 N–H and O–H groups in total. The maximum absolute atomic E-state index is 13.0. The predicted molar refractivity (Wildman–Crippen MR) is 56.9 cm³/mol. The topological polar surface area (TPSA) is 37.8 Å². The zero-order valence-electron chi connectivity index (χ0n) is 8.54. The van der Waals surface area contributed by atoms with Crippen molar-refractivity contribution in [3.8, 4) is 11.3 Å². The highest BCUT2D eigenvalue weighted by molar-refractivity contribution is 5.60. The van der Waals surface area contributed by atoms with Crippen LogP contribution in [0.15, 0.2) is 30.5 Å². The Kier molecular flexibility index (Phi) is 2.76. The van der Waals surface area contributed by atoms with E-state index in [1.807, 2.05) is 0 Å². The third kappa shape index (κ3) is 2.13. The van der Waals surface area contributed by atoms with Crippen LogP contribution >= 0.6 is 0 Å². The van der Waals surface area contributed by atoms with Crippen LogP contribution in [0.25, 0.3) is 11.3 Å². The normalized spacial score (nSPS) is 10.2. The Labute approximate surface area is 91.2 Å². The van der Waals surface area contributed by atoms with E-state index in [0.29, 0.717) is 17.2 Å². The Morgan fingerprint density at radius 3 is 2.44 bits per heavy atom. The standard InChI is InChI=1S/C11H9F2N3/c1-14-11-15-3-2-10(16-11)7-4-8(12)6-9(13)5-7/h2-6H,1H3,(H,14,15,16). The van der Waals surface area contributed by atoms with Crippen LogP contribution in [0.3, 0.4) is 0 Å². The lowest BCUT2D eigenvalue weighted by atomic mass is 10.1. The van der Waals surface area contributed by atoms with Gasteiger partial charge < -0.3 is 5.32 Å². The van der Waals surface area contributed by atoms with Gasteiger partial charge in [-0.05, 0) is 18.2 Å². The lowest BCUT2D eigenvalue weighted by Crippen LogP contribution is -1.97. The van der Waals surface area contributed by atoms with Crippen LogP contribution in [0.1, 0.15) is 0 Å². The Balaban J connectivity index is 2.49. The highest BCUT2D eigenvalue weighted by atomic mass is 19.1. The molecule has 0 unspecified atom stereocenters. The van der Waals surface area contributed by atoms with Crippen molar-refractivity contribution in [2.75, 3.05) is 12.4 Å². The van der Waals surface area contributed by atoms with Crippen molar-refractivity contribution in [2.45, 2.75) is 0 Å². The first-order chi connectivity index (χ1) is 7.69. The average molecular weight is 221 g/mol. The molecular weight excluding hydrogens is 212 g/mol. The van der Waals surface area contributed by atoms with Gasteiger partial charge in [-0.15, -0.1) is 0 Å². The van der Waals surface area contributed by atoms with Crippen LogP contribution in [0.4, 0.5) is 14.7 Å². The summed E-state index contributed by atoms with van der Waals surface area (Å²) in [7, 11) is 1.67. The number of hydrogen-bond acceptors (Lipinski definition) is 3. The number of nitrogens with one attached hydrogen (secondary N) is 1. The predicted octanol–water partition coefficient (Wildman–Crippen LogP) is 2.46. The van der Waals surface area contributed by atoms with Gasteiger partial charge in [0.1, 0.15) is 11.6 Å². The Bertz CT molecular complexity index is 494. The summed E-state index contributed by atoms with van der Waals surface area (Å²) in [5.74, 6) is -0.846. The summed E-state index contributed by atoms with van der Waals surface area (Å²) < 4.78 is 26.0. The fourth-order valence-corrected chi connectivity index (χ4v) is 1.34. The minimum Gasteiger partial charge on any atom is -0.357 e. The number of anilines is 1. The molecule has 0 aliphatic carbocycles. The first-order valence-corrected chi connectivity index (χ1v) is 4.66. The number of rotatable bonds is 2. The summed E-state index contributed by atoms with van der Waals surface area (Å²) in [4.78, 5) is 8.01. The first kappa shape index (κ1) is 10.5. The minimum absolute atomic E-state index is 0.386. The van der Waals surface area contributed by atoms with Crippen LogP contribution in [-0.2, 0) is 0 Å². The largest absolute Gasteiger partial charge is 0.357 e. The quantitative estimate of drug-likeness (QED) is 0.846. The summed E-state index contributed by atoms with van der Waals surface area (Å²) in [5.41, 5.74) is 0.856. The molecule has 0 fully saturated rings. The fourth-order valence-electron chi connectivity index (χ4n) is 1.34. The van der Waals surface area contributed by atoms with Gasteiger partial charge in [-0.25, -0.2) is 18.7 Å². The minimum atomic E-state index is -0.625. The van der Waals surface area contributed by atoms with Crippen molar-refractivity contribution >= 4 is 5.95 Å². The van der Waals surface area contributed by atoms with Gasteiger partial charge in [0.2, 0.25) is 5.95 Å². The van der Waals surface area contributed by atoms with Gasteiger partial charge in [0.05, 0.1) is 5.69 Å². The third-order valence-electron chi connectivity index (χ3n) is 2.04. The van der Waals surface area contributed by atoms with Gasteiger partial charge in [-0.2, -0.15) is 0 Å². The van der Waals surface area contributed by atoms with Gasteiger partial charge in [0.25, 0.3) is 0 Å². The molecule has 0 radical (unpaired) electrons. The monoisotopic (exact) mass is 221 g/mol. The highest BCUT2D eigenvalue weighted by Crippen LogP contribution is 2.19. The van der Waals surface area contributed by atoms with E-state index < -0.39 is 11.6 Å². The molecule has 0 saturated heterocycles. The molecule has 1 aromatic heterocycles. The second-order valence-corrected chi connectivity index (χ2v) is 3.17. The van der Waals surface area contributed by atoms with E-state index in [9.17, 15) is 8.78 Å². The zero-order valence-corrected chi connectivity index (χ0v) is 8.54. The molecule has 16 heavy (non-hydrogen) atoms. The van der Waals surface area contributed by atoms with Crippen molar-refractivity contribution < 1.29 is 8.78 Å². The van der Waals surface area contributed by atoms with E-state index in [1.165, 1.54) is 18.3 Å². The van der Waals surface area contributed by atoms with Crippen LogP contribution in [0, 0.1) is 11.6 Å². The van der Waals surface area contributed by atoms with E-state index in [0.717, 1.165) is 6.07 Å². The van der Waals surface area contributed by atoms with Crippen LogP contribution in [0.5, 0.6) is 0 Å². The van der Waals surface area contributed by atoms with E-state index in [1.54, 1.807) is 13.1 Å². The second kappa shape index (κ2) is 4.22. The van der Waals surface area contributed by atoms with Crippen LogP contribution < -0.4 is 5.32 Å². The van der Waals surface area contributed by atoms with Crippen LogP contribution in [-0.4, -0.2) is 17.0 Å². The molecule has 0 atom stereocenters. The smallest absolute Gasteiger partial charge is 0.222 e. The molecule has 2 rings (SSSR count). The number of halogens is 2. The van der Waals surface area contributed by atoms with E-state index in [-0.39, 0.29) is 0 Å². The molecule has 0 bridgehead atoms. The molecule has 2 aromatic rings. The average Bonchev–Trinajstić information content (AvgIpc) is 2.28. The lowest BCUT2D eigenvalue weighted by Gasteiger charge is -2.03. The summed E-state index contributed by atoms with van der Waals surface area (Å²) in [5, 5.41) is 2.76.